The number of hydrogen-bond donors (Lipinski definition) is 0. The first-order valence-corrected chi connectivity index (χ1v) is 5.00. The topological polar surface area (TPSA) is 77.3 Å². The van der Waals surface area contributed by atoms with Crippen LogP contribution in [0.3, 0.4) is 0 Å². The zero-order valence-electron chi connectivity index (χ0n) is 7.69. The van der Waals surface area contributed by atoms with Crippen LogP contribution in [0.5, 0.6) is 0 Å². The summed E-state index contributed by atoms with van der Waals surface area (Å²) in [6.45, 7) is 1.35. The van der Waals surface area contributed by atoms with Crippen LogP contribution in [0.15, 0.2) is 12.1 Å². The monoisotopic (exact) mass is 319 g/mol. The van der Waals surface area contributed by atoms with E-state index in [0.717, 1.165) is 0 Å². The fourth-order valence-corrected chi connectivity index (χ4v) is 2.09. The fraction of sp³-hybridized carbons (Fsp3) is 0.111. The molecule has 0 heterocycles. The zero-order chi connectivity index (χ0) is 11.6. The summed E-state index contributed by atoms with van der Waals surface area (Å²) in [6.07, 6.45) is 0.395. The Hall–Kier alpha value is -1.31. The first-order chi connectivity index (χ1) is 6.99. The lowest BCUT2D eigenvalue weighted by Crippen LogP contribution is -2.03. The predicted octanol–water partition coefficient (Wildman–Crippen LogP) is 2.21. The molecule has 1 aromatic carbocycles. The van der Waals surface area contributed by atoms with Gasteiger partial charge in [0.15, 0.2) is 12.1 Å². The van der Waals surface area contributed by atoms with Gasteiger partial charge in [0.25, 0.3) is 5.69 Å². The molecule has 0 amide bonds. The maximum absolute atomic E-state index is 11.1. The molecule has 0 aliphatic carbocycles. The van der Waals surface area contributed by atoms with Crippen LogP contribution in [-0.2, 0) is 0 Å². The zero-order valence-corrected chi connectivity index (χ0v) is 9.85. The highest BCUT2D eigenvalue weighted by Gasteiger charge is 2.20. The van der Waals surface area contributed by atoms with Gasteiger partial charge in [-0.1, -0.05) is 0 Å². The maximum atomic E-state index is 11.1. The summed E-state index contributed by atoms with van der Waals surface area (Å²) in [4.78, 5) is 31.8. The first-order valence-electron chi connectivity index (χ1n) is 3.92. The number of Topliss-reactive ketones (excluding diaryl/α,β-unsaturated/α-hetero) is 1. The number of carbonyl (C=O) groups is 2. The second-order valence-corrected chi connectivity index (χ2v) is 3.87. The Balaban J connectivity index is 3.52. The van der Waals surface area contributed by atoms with Gasteiger partial charge in [-0.25, -0.2) is 0 Å². The van der Waals surface area contributed by atoms with Gasteiger partial charge in [0, 0.05) is 15.2 Å². The van der Waals surface area contributed by atoms with Gasteiger partial charge in [-0.2, -0.15) is 0 Å². The minimum atomic E-state index is -0.643. The predicted molar refractivity (Wildman–Crippen MR) is 61.2 cm³/mol. The van der Waals surface area contributed by atoms with E-state index in [1.165, 1.54) is 19.1 Å². The smallest absolute Gasteiger partial charge is 0.281 e. The van der Waals surface area contributed by atoms with Gasteiger partial charge in [-0.3, -0.25) is 19.7 Å². The van der Waals surface area contributed by atoms with E-state index in [-0.39, 0.29) is 17.0 Å². The van der Waals surface area contributed by atoms with Crippen LogP contribution in [0, 0.1) is 13.7 Å². The minimum Gasteiger partial charge on any atom is -0.298 e. The Morgan fingerprint density at radius 3 is 2.53 bits per heavy atom. The van der Waals surface area contributed by atoms with Crippen LogP contribution in [0.1, 0.15) is 27.6 Å². The van der Waals surface area contributed by atoms with Crippen molar-refractivity contribution in [2.75, 3.05) is 0 Å². The summed E-state index contributed by atoms with van der Waals surface area (Å²) < 4.78 is 0.323. The minimum absolute atomic E-state index is 0.0479. The van der Waals surface area contributed by atoms with Gasteiger partial charge < -0.3 is 0 Å². The van der Waals surface area contributed by atoms with E-state index in [1.54, 1.807) is 22.6 Å². The maximum Gasteiger partial charge on any atom is 0.281 e. The van der Waals surface area contributed by atoms with E-state index >= 15 is 0 Å². The Labute approximate surface area is 98.8 Å². The van der Waals surface area contributed by atoms with Crippen molar-refractivity contribution in [3.05, 3.63) is 36.9 Å². The molecule has 78 valence electrons. The van der Waals surface area contributed by atoms with Gasteiger partial charge in [0.2, 0.25) is 0 Å². The number of nitro benzene ring substituents is 1. The lowest BCUT2D eigenvalue weighted by molar-refractivity contribution is -0.385. The summed E-state index contributed by atoms with van der Waals surface area (Å²) >= 11 is 1.76. The number of benzene rings is 1. The van der Waals surface area contributed by atoms with E-state index in [9.17, 15) is 19.7 Å². The van der Waals surface area contributed by atoms with Crippen molar-refractivity contribution in [1.82, 2.24) is 0 Å². The van der Waals surface area contributed by atoms with E-state index in [2.05, 4.69) is 0 Å². The van der Waals surface area contributed by atoms with Crippen LogP contribution in [0.25, 0.3) is 0 Å². The third kappa shape index (κ3) is 2.20. The highest BCUT2D eigenvalue weighted by molar-refractivity contribution is 14.1. The molecule has 0 saturated carbocycles. The number of halogens is 1. The van der Waals surface area contributed by atoms with Gasteiger partial charge >= 0.3 is 0 Å². The summed E-state index contributed by atoms with van der Waals surface area (Å²) in [7, 11) is 0. The largest absolute Gasteiger partial charge is 0.298 e. The molecule has 1 aromatic rings. The Bertz CT molecular complexity index is 456. The molecule has 1 rings (SSSR count). The van der Waals surface area contributed by atoms with Crippen molar-refractivity contribution in [1.29, 1.82) is 0 Å². The number of aldehydes is 1. The van der Waals surface area contributed by atoms with Crippen LogP contribution >= 0.6 is 22.6 Å². The first kappa shape index (κ1) is 11.8. The molecule has 0 aliphatic rings. The summed E-state index contributed by atoms with van der Waals surface area (Å²) in [6, 6.07) is 2.53. The van der Waals surface area contributed by atoms with Gasteiger partial charge in [-0.05, 0) is 35.6 Å². The molecule has 0 aliphatic heterocycles. The molecule has 0 unspecified atom stereocenters. The molecular weight excluding hydrogens is 313 g/mol. The average molecular weight is 319 g/mol. The molecule has 0 atom stereocenters. The van der Waals surface area contributed by atoms with E-state index in [1.807, 2.05) is 0 Å². The lowest BCUT2D eigenvalue weighted by Gasteiger charge is -2.03. The van der Waals surface area contributed by atoms with Crippen molar-refractivity contribution in [3.63, 3.8) is 0 Å². The lowest BCUT2D eigenvalue weighted by atomic mass is 10.1. The van der Waals surface area contributed by atoms with Crippen LogP contribution < -0.4 is 0 Å². The quantitative estimate of drug-likeness (QED) is 0.281. The van der Waals surface area contributed by atoms with Gasteiger partial charge in [0.05, 0.1) is 4.92 Å². The SMILES string of the molecule is CC(=O)c1ccc([N+](=O)[O-])c(C=O)c1I. The van der Waals surface area contributed by atoms with Crippen LogP contribution in [0.2, 0.25) is 0 Å². The fourth-order valence-electron chi connectivity index (χ4n) is 1.13. The average Bonchev–Trinajstić information content (AvgIpc) is 2.16. The van der Waals surface area contributed by atoms with Crippen molar-refractivity contribution in [2.45, 2.75) is 6.92 Å². The van der Waals surface area contributed by atoms with Crippen molar-refractivity contribution in [3.8, 4) is 0 Å². The highest BCUT2D eigenvalue weighted by Crippen LogP contribution is 2.25. The molecule has 0 aromatic heterocycles. The van der Waals surface area contributed by atoms with E-state index in [4.69, 9.17) is 0 Å². The third-order valence-corrected chi connectivity index (χ3v) is 3.01. The van der Waals surface area contributed by atoms with Crippen LogP contribution in [-0.4, -0.2) is 17.0 Å². The number of carbonyl (C=O) groups excluding carboxylic acids is 2. The Kier molecular flexibility index (Phi) is 3.51. The van der Waals surface area contributed by atoms with Gasteiger partial charge in [0.1, 0.15) is 5.56 Å². The summed E-state index contributed by atoms with van der Waals surface area (Å²) in [5.74, 6) is -0.225. The number of rotatable bonds is 3. The molecule has 6 heteroatoms. The molecule has 0 radical (unpaired) electrons. The molecule has 0 spiro atoms. The number of nitrogens with zero attached hydrogens (tertiary/aromatic N) is 1. The van der Waals surface area contributed by atoms with Crippen molar-refractivity contribution < 1.29 is 14.5 Å². The molecule has 0 N–H and O–H groups in total. The number of ketones is 1. The summed E-state index contributed by atoms with van der Waals surface area (Å²) in [5, 5.41) is 10.6. The Morgan fingerprint density at radius 1 is 1.53 bits per heavy atom. The molecule has 0 saturated heterocycles. The number of nitro groups is 1. The standard InChI is InChI=1S/C9H6INO4/c1-5(13)6-2-3-8(11(14)15)7(4-12)9(6)10/h2-4H,1H3. The highest BCUT2D eigenvalue weighted by atomic mass is 127. The van der Waals surface area contributed by atoms with Gasteiger partial charge in [-0.15, -0.1) is 0 Å². The number of hydrogen-bond acceptors (Lipinski definition) is 4. The normalized spacial score (nSPS) is 9.73. The summed E-state index contributed by atoms with van der Waals surface area (Å²) in [5.41, 5.74) is -0.00370. The molecular formula is C9H6INO4. The van der Waals surface area contributed by atoms with Crippen LogP contribution in [0.4, 0.5) is 5.69 Å². The van der Waals surface area contributed by atoms with Crippen molar-refractivity contribution >= 4 is 40.3 Å². The molecule has 0 fully saturated rings. The van der Waals surface area contributed by atoms with E-state index < -0.39 is 4.92 Å². The third-order valence-electron chi connectivity index (χ3n) is 1.85. The van der Waals surface area contributed by atoms with E-state index in [0.29, 0.717) is 15.4 Å². The Morgan fingerprint density at radius 2 is 2.13 bits per heavy atom. The second kappa shape index (κ2) is 4.47. The molecule has 15 heavy (non-hydrogen) atoms. The molecule has 0 bridgehead atoms. The molecule has 5 nitrogen and oxygen atoms in total. The van der Waals surface area contributed by atoms with Crippen molar-refractivity contribution in [2.24, 2.45) is 0 Å². The second-order valence-electron chi connectivity index (χ2n) is 2.79.